The second kappa shape index (κ2) is 12.2. The molecule has 0 amide bonds. The van der Waals surface area contributed by atoms with Gasteiger partial charge in [-0.2, -0.15) is 10.4 Å². The van der Waals surface area contributed by atoms with Crippen molar-refractivity contribution in [3.63, 3.8) is 0 Å². The van der Waals surface area contributed by atoms with Gasteiger partial charge in [0.2, 0.25) is 0 Å². The van der Waals surface area contributed by atoms with Gasteiger partial charge in [-0.15, -0.1) is 0 Å². The molecule has 4 rings (SSSR count). The van der Waals surface area contributed by atoms with E-state index >= 15 is 0 Å². The number of fused-ring (bicyclic) bond motifs is 1. The average molecular weight is 547 g/mol. The van der Waals surface area contributed by atoms with Crippen LogP contribution >= 0.6 is 0 Å². The van der Waals surface area contributed by atoms with Crippen LogP contribution in [0.3, 0.4) is 0 Å². The molecule has 0 radical (unpaired) electrons. The van der Waals surface area contributed by atoms with Crippen LogP contribution in [0.5, 0.6) is 0 Å². The summed E-state index contributed by atoms with van der Waals surface area (Å²) in [6, 6.07) is 7.84. The van der Waals surface area contributed by atoms with E-state index in [2.05, 4.69) is 29.1 Å². The fourth-order valence-corrected chi connectivity index (χ4v) is 4.69. The number of nitrogens with zero attached hydrogens (tertiary/aromatic N) is 6. The highest BCUT2D eigenvalue weighted by molar-refractivity contribution is 6.01. The van der Waals surface area contributed by atoms with Gasteiger partial charge in [-0.25, -0.2) is 28.2 Å². The number of ether oxygens (including phenoxy) is 1. The molecule has 0 aromatic carbocycles. The molecule has 3 aromatic heterocycles. The van der Waals surface area contributed by atoms with E-state index in [4.69, 9.17) is 14.8 Å². The number of piperidine rings is 1. The topological polar surface area (TPSA) is 96.9 Å². The molecule has 0 saturated carbocycles. The standard InChI is InChI=1S/C30H32F2N6O2/c1-6-22(14-19(5)28(31)32)38-29-26(27(36-38)18(3)4)23(15-24(35-29)30(39)40-7-2)21-8-9-25(34-17-21)37-12-10-20(16-33)11-13-37/h6,8-9,14-15,17-18,20,28H,1,5,7,10-13H2,2-4H3/b22-14+. The molecule has 0 N–H and O–H groups in total. The van der Waals surface area contributed by atoms with Crippen LogP contribution in [0.1, 0.15) is 55.7 Å². The Bertz CT molecular complexity index is 1490. The molecule has 208 valence electrons. The molecule has 4 heterocycles. The maximum atomic E-state index is 13.3. The molecule has 40 heavy (non-hydrogen) atoms. The maximum Gasteiger partial charge on any atom is 0.357 e. The number of rotatable bonds is 9. The first kappa shape index (κ1) is 28.6. The summed E-state index contributed by atoms with van der Waals surface area (Å²) in [6.45, 7) is 14.5. The monoisotopic (exact) mass is 546 g/mol. The molecular weight excluding hydrogens is 514 g/mol. The lowest BCUT2D eigenvalue weighted by atomic mass is 9.97. The predicted octanol–water partition coefficient (Wildman–Crippen LogP) is 6.38. The van der Waals surface area contributed by atoms with Crippen LogP contribution in [0.15, 0.2) is 55.3 Å². The molecule has 1 saturated heterocycles. The Morgan fingerprint density at radius 3 is 2.58 bits per heavy atom. The molecular formula is C30H32F2N6O2. The highest BCUT2D eigenvalue weighted by Gasteiger charge is 2.25. The van der Waals surface area contributed by atoms with Gasteiger partial charge < -0.3 is 9.64 Å². The Labute approximate surface area is 232 Å². The van der Waals surface area contributed by atoms with Crippen molar-refractivity contribution in [3.8, 4) is 17.2 Å². The van der Waals surface area contributed by atoms with Gasteiger partial charge in [-0.05, 0) is 61.6 Å². The van der Waals surface area contributed by atoms with Crippen LogP contribution in [0.4, 0.5) is 14.6 Å². The van der Waals surface area contributed by atoms with Crippen LogP contribution in [0, 0.1) is 17.2 Å². The SMILES string of the molecule is C=C/C(=C\C(=C)C(F)F)n1nc(C(C)C)c2c(-c3ccc(N4CCC(C#N)CC4)nc3)cc(C(=O)OCC)nc21. The molecule has 1 fully saturated rings. The van der Waals surface area contributed by atoms with E-state index in [0.29, 0.717) is 22.3 Å². The Balaban J connectivity index is 1.90. The highest BCUT2D eigenvalue weighted by Crippen LogP contribution is 2.36. The zero-order chi connectivity index (χ0) is 29.0. The highest BCUT2D eigenvalue weighted by atomic mass is 19.3. The van der Waals surface area contributed by atoms with E-state index in [0.717, 1.165) is 37.3 Å². The van der Waals surface area contributed by atoms with Crippen molar-refractivity contribution in [3.05, 3.63) is 66.7 Å². The molecule has 1 aliphatic rings. The molecule has 0 atom stereocenters. The summed E-state index contributed by atoms with van der Waals surface area (Å²) < 4.78 is 33.3. The number of pyridine rings is 2. The number of halogens is 2. The Morgan fingerprint density at radius 2 is 2.02 bits per heavy atom. The summed E-state index contributed by atoms with van der Waals surface area (Å²) >= 11 is 0. The van der Waals surface area contributed by atoms with Crippen LogP contribution in [0.2, 0.25) is 0 Å². The maximum absolute atomic E-state index is 13.3. The normalized spacial score (nSPS) is 14.6. The van der Waals surface area contributed by atoms with E-state index in [1.807, 2.05) is 26.0 Å². The molecule has 10 heteroatoms. The summed E-state index contributed by atoms with van der Waals surface area (Å²) in [7, 11) is 0. The fraction of sp³-hybridized carbons (Fsp3) is 0.367. The number of nitriles is 1. The zero-order valence-electron chi connectivity index (χ0n) is 22.9. The number of carbonyl (C=O) groups is 1. The molecule has 1 aliphatic heterocycles. The number of hydrogen-bond acceptors (Lipinski definition) is 7. The van der Waals surface area contributed by atoms with Gasteiger partial charge in [0, 0.05) is 36.3 Å². The van der Waals surface area contributed by atoms with Gasteiger partial charge >= 0.3 is 5.97 Å². The number of aromatic nitrogens is 4. The van der Waals surface area contributed by atoms with Gasteiger partial charge in [-0.3, -0.25) is 0 Å². The Kier molecular flexibility index (Phi) is 8.73. The third kappa shape index (κ3) is 5.78. The lowest BCUT2D eigenvalue weighted by Gasteiger charge is -2.30. The first-order valence-corrected chi connectivity index (χ1v) is 13.2. The van der Waals surface area contributed by atoms with Crippen LogP contribution < -0.4 is 4.90 Å². The van der Waals surface area contributed by atoms with Crippen LogP contribution in [-0.4, -0.2) is 51.8 Å². The summed E-state index contributed by atoms with van der Waals surface area (Å²) in [5.41, 5.74) is 2.28. The summed E-state index contributed by atoms with van der Waals surface area (Å²) in [5.74, 6) is 0.199. The second-order valence-corrected chi connectivity index (χ2v) is 9.87. The number of carbonyl (C=O) groups excluding carboxylic acids is 1. The minimum atomic E-state index is -2.75. The van der Waals surface area contributed by atoms with Gasteiger partial charge in [0.25, 0.3) is 6.43 Å². The Morgan fingerprint density at radius 1 is 1.30 bits per heavy atom. The second-order valence-electron chi connectivity index (χ2n) is 9.87. The van der Waals surface area contributed by atoms with Gasteiger partial charge in [0.05, 0.1) is 29.5 Å². The Hall–Kier alpha value is -4.39. The lowest BCUT2D eigenvalue weighted by Crippen LogP contribution is -2.33. The quantitative estimate of drug-likeness (QED) is 0.227. The first-order chi connectivity index (χ1) is 19.2. The van der Waals surface area contributed by atoms with Crippen molar-refractivity contribution < 1.29 is 18.3 Å². The smallest absolute Gasteiger partial charge is 0.357 e. The summed E-state index contributed by atoms with van der Waals surface area (Å²) in [6.07, 6.45) is 3.17. The number of anilines is 1. The van der Waals surface area contributed by atoms with E-state index in [9.17, 15) is 18.8 Å². The van der Waals surface area contributed by atoms with Gasteiger partial charge in [0.15, 0.2) is 11.3 Å². The van der Waals surface area contributed by atoms with Gasteiger partial charge in [-0.1, -0.05) is 27.0 Å². The molecule has 0 unspecified atom stereocenters. The zero-order valence-corrected chi connectivity index (χ0v) is 22.9. The minimum absolute atomic E-state index is 0.0551. The van der Waals surface area contributed by atoms with Crippen molar-refractivity contribution in [2.75, 3.05) is 24.6 Å². The largest absolute Gasteiger partial charge is 0.461 e. The summed E-state index contributed by atoms with van der Waals surface area (Å²) in [5, 5.41) is 14.6. The third-order valence-corrected chi connectivity index (χ3v) is 6.82. The van der Waals surface area contributed by atoms with E-state index < -0.39 is 18.0 Å². The molecule has 8 nitrogen and oxygen atoms in total. The molecule has 0 spiro atoms. The van der Waals surface area contributed by atoms with Crippen molar-refractivity contribution in [1.82, 2.24) is 19.7 Å². The number of alkyl halides is 2. The van der Waals surface area contributed by atoms with Crippen LogP contribution in [-0.2, 0) is 4.74 Å². The summed E-state index contributed by atoms with van der Waals surface area (Å²) in [4.78, 5) is 24.3. The molecule has 0 aliphatic carbocycles. The van der Waals surface area contributed by atoms with Crippen LogP contribution in [0.25, 0.3) is 27.9 Å². The average Bonchev–Trinajstić information content (AvgIpc) is 3.35. The number of hydrogen-bond donors (Lipinski definition) is 0. The predicted molar refractivity (Wildman–Crippen MR) is 151 cm³/mol. The molecule has 3 aromatic rings. The van der Waals surface area contributed by atoms with E-state index in [1.54, 1.807) is 19.2 Å². The number of esters is 1. The van der Waals surface area contributed by atoms with E-state index in [-0.39, 0.29) is 29.8 Å². The molecule has 0 bridgehead atoms. The fourth-order valence-electron chi connectivity index (χ4n) is 4.69. The minimum Gasteiger partial charge on any atom is -0.461 e. The van der Waals surface area contributed by atoms with Crippen molar-refractivity contribution in [2.24, 2.45) is 5.92 Å². The van der Waals surface area contributed by atoms with E-state index in [1.165, 1.54) is 16.8 Å². The van der Waals surface area contributed by atoms with Crippen molar-refractivity contribution >= 4 is 28.5 Å². The van der Waals surface area contributed by atoms with Crippen molar-refractivity contribution in [1.29, 1.82) is 5.26 Å². The van der Waals surface area contributed by atoms with Crippen molar-refractivity contribution in [2.45, 2.75) is 46.0 Å². The lowest BCUT2D eigenvalue weighted by molar-refractivity contribution is 0.0520. The number of allylic oxidation sites excluding steroid dienone is 4. The third-order valence-electron chi connectivity index (χ3n) is 6.82. The van der Waals surface area contributed by atoms with Gasteiger partial charge in [0.1, 0.15) is 5.82 Å². The first-order valence-electron chi connectivity index (χ1n) is 13.2.